The Bertz CT molecular complexity index is 1030. The Balaban J connectivity index is 1.48. The second-order valence-electron chi connectivity index (χ2n) is 7.70. The average Bonchev–Trinajstić information content (AvgIpc) is 2.74. The highest BCUT2D eigenvalue weighted by Crippen LogP contribution is 2.27. The van der Waals surface area contributed by atoms with Crippen LogP contribution in [0.1, 0.15) is 30.4 Å². The number of aromatic nitrogens is 1. The van der Waals surface area contributed by atoms with E-state index in [1.54, 1.807) is 0 Å². The molecule has 150 valence electrons. The molecule has 1 N–H and O–H groups in total. The Kier molecular flexibility index (Phi) is 5.65. The number of hydrogen-bond acceptors (Lipinski definition) is 4. The maximum atomic E-state index is 12.4. The Morgan fingerprint density at radius 1 is 1.07 bits per heavy atom. The van der Waals surface area contributed by atoms with Crippen molar-refractivity contribution in [3.05, 3.63) is 59.7 Å². The minimum Gasteiger partial charge on any atom is -0.481 e. The number of aryl methyl sites for hydroxylation is 2. The fourth-order valence-electron chi connectivity index (χ4n) is 3.81. The van der Waals surface area contributed by atoms with Crippen LogP contribution in [0.15, 0.2) is 48.5 Å². The number of rotatable bonds is 5. The van der Waals surface area contributed by atoms with Gasteiger partial charge in [0.2, 0.25) is 0 Å². The van der Waals surface area contributed by atoms with Crippen LogP contribution in [0, 0.1) is 13.8 Å². The van der Waals surface area contributed by atoms with Gasteiger partial charge < -0.3 is 15.0 Å². The third kappa shape index (κ3) is 4.50. The van der Waals surface area contributed by atoms with Gasteiger partial charge in [0, 0.05) is 24.2 Å². The summed E-state index contributed by atoms with van der Waals surface area (Å²) in [6.45, 7) is 6.05. The van der Waals surface area contributed by atoms with Gasteiger partial charge in [-0.1, -0.05) is 29.8 Å². The first-order chi connectivity index (χ1) is 14.1. The molecule has 2 heterocycles. The predicted octanol–water partition coefficient (Wildman–Crippen LogP) is 4.86. The molecule has 0 saturated carbocycles. The zero-order valence-corrected chi connectivity index (χ0v) is 17.1. The van der Waals surface area contributed by atoms with Crippen LogP contribution in [-0.2, 0) is 4.79 Å². The van der Waals surface area contributed by atoms with E-state index in [1.807, 2.05) is 50.2 Å². The number of benzene rings is 2. The summed E-state index contributed by atoms with van der Waals surface area (Å²) in [6.07, 6.45) is 3.70. The number of fused-ring (bicyclic) bond motifs is 1. The summed E-state index contributed by atoms with van der Waals surface area (Å²) in [6, 6.07) is 15.9. The van der Waals surface area contributed by atoms with Gasteiger partial charge in [0.25, 0.3) is 5.91 Å². The largest absolute Gasteiger partial charge is 0.481 e. The van der Waals surface area contributed by atoms with Crippen molar-refractivity contribution in [1.82, 2.24) is 4.98 Å². The SMILES string of the molecule is Cc1ccc(NC(=O)COc2cccc3ccc(N4CCCCC4)nc23)c(C)c1. The van der Waals surface area contributed by atoms with Crippen molar-refractivity contribution in [1.29, 1.82) is 0 Å². The average molecular weight is 389 g/mol. The molecule has 0 atom stereocenters. The van der Waals surface area contributed by atoms with Crippen molar-refractivity contribution in [2.45, 2.75) is 33.1 Å². The number of ether oxygens (including phenoxy) is 1. The van der Waals surface area contributed by atoms with Gasteiger partial charge in [-0.15, -0.1) is 0 Å². The Hall–Kier alpha value is -3.08. The van der Waals surface area contributed by atoms with Crippen molar-refractivity contribution in [2.24, 2.45) is 0 Å². The van der Waals surface area contributed by atoms with Crippen molar-refractivity contribution in [2.75, 3.05) is 29.9 Å². The number of carbonyl (C=O) groups excluding carboxylic acids is 1. The van der Waals surface area contributed by atoms with E-state index < -0.39 is 0 Å². The Labute approximate surface area is 171 Å². The number of amides is 1. The van der Waals surface area contributed by atoms with Crippen molar-refractivity contribution >= 4 is 28.3 Å². The van der Waals surface area contributed by atoms with E-state index >= 15 is 0 Å². The van der Waals surface area contributed by atoms with Crippen LogP contribution >= 0.6 is 0 Å². The van der Waals surface area contributed by atoms with Crippen LogP contribution in [0.4, 0.5) is 11.5 Å². The lowest BCUT2D eigenvalue weighted by molar-refractivity contribution is -0.118. The van der Waals surface area contributed by atoms with E-state index in [4.69, 9.17) is 9.72 Å². The Morgan fingerprint density at radius 2 is 1.90 bits per heavy atom. The smallest absolute Gasteiger partial charge is 0.262 e. The number of nitrogens with one attached hydrogen (secondary N) is 1. The summed E-state index contributed by atoms with van der Waals surface area (Å²) >= 11 is 0. The van der Waals surface area contributed by atoms with Crippen LogP contribution in [0.25, 0.3) is 10.9 Å². The molecule has 0 radical (unpaired) electrons. The third-order valence-corrected chi connectivity index (χ3v) is 5.36. The molecule has 1 saturated heterocycles. The number of carbonyl (C=O) groups is 1. The van der Waals surface area contributed by atoms with Crippen LogP contribution < -0.4 is 15.0 Å². The molecule has 0 aliphatic carbocycles. The summed E-state index contributed by atoms with van der Waals surface area (Å²) in [5.74, 6) is 1.44. The molecule has 1 amide bonds. The molecule has 1 aromatic heterocycles. The molecule has 1 aliphatic rings. The quantitative estimate of drug-likeness (QED) is 0.677. The molecule has 5 nitrogen and oxygen atoms in total. The molecule has 0 unspecified atom stereocenters. The fourth-order valence-corrected chi connectivity index (χ4v) is 3.81. The van der Waals surface area contributed by atoms with Crippen LogP contribution in [0.5, 0.6) is 5.75 Å². The second kappa shape index (κ2) is 8.52. The lowest BCUT2D eigenvalue weighted by atomic mass is 10.1. The molecule has 4 rings (SSSR count). The van der Waals surface area contributed by atoms with Gasteiger partial charge in [-0.05, 0) is 62.9 Å². The highest BCUT2D eigenvalue weighted by molar-refractivity contribution is 5.93. The van der Waals surface area contributed by atoms with Crippen LogP contribution in [-0.4, -0.2) is 30.6 Å². The molecule has 29 heavy (non-hydrogen) atoms. The van der Waals surface area contributed by atoms with Crippen molar-refractivity contribution in [3.8, 4) is 5.75 Å². The number of nitrogens with zero attached hydrogens (tertiary/aromatic N) is 2. The fraction of sp³-hybridized carbons (Fsp3) is 0.333. The molecule has 0 bridgehead atoms. The first kappa shape index (κ1) is 19.2. The van der Waals surface area contributed by atoms with E-state index in [2.05, 4.69) is 22.3 Å². The summed E-state index contributed by atoms with van der Waals surface area (Å²) < 4.78 is 5.87. The predicted molar refractivity (Wildman–Crippen MR) is 118 cm³/mol. The molecule has 3 aromatic rings. The normalized spacial score (nSPS) is 14.1. The van der Waals surface area contributed by atoms with Gasteiger partial charge in [0.15, 0.2) is 6.61 Å². The minimum absolute atomic E-state index is 0.0535. The Morgan fingerprint density at radius 3 is 2.69 bits per heavy atom. The topological polar surface area (TPSA) is 54.5 Å². The van der Waals surface area contributed by atoms with Crippen molar-refractivity contribution < 1.29 is 9.53 Å². The summed E-state index contributed by atoms with van der Waals surface area (Å²) in [4.78, 5) is 19.6. The van der Waals surface area contributed by atoms with Gasteiger partial charge in [0.1, 0.15) is 17.1 Å². The summed E-state index contributed by atoms with van der Waals surface area (Å²) in [5, 5.41) is 3.94. The van der Waals surface area contributed by atoms with E-state index in [9.17, 15) is 4.79 Å². The third-order valence-electron chi connectivity index (χ3n) is 5.36. The van der Waals surface area contributed by atoms with Gasteiger partial charge >= 0.3 is 0 Å². The van der Waals surface area contributed by atoms with Crippen molar-refractivity contribution in [3.63, 3.8) is 0 Å². The number of pyridine rings is 1. The number of anilines is 2. The minimum atomic E-state index is -0.179. The maximum absolute atomic E-state index is 12.4. The van der Waals surface area contributed by atoms with Crippen LogP contribution in [0.3, 0.4) is 0 Å². The first-order valence-electron chi connectivity index (χ1n) is 10.2. The van der Waals surface area contributed by atoms with E-state index in [0.29, 0.717) is 5.75 Å². The lowest BCUT2D eigenvalue weighted by Gasteiger charge is -2.28. The second-order valence-corrected chi connectivity index (χ2v) is 7.70. The molecule has 1 fully saturated rings. The van der Waals surface area contributed by atoms with Gasteiger partial charge in [-0.2, -0.15) is 0 Å². The molecular weight excluding hydrogens is 362 g/mol. The van der Waals surface area contributed by atoms with Gasteiger partial charge in [0.05, 0.1) is 0 Å². The monoisotopic (exact) mass is 389 g/mol. The first-order valence-corrected chi connectivity index (χ1v) is 10.2. The lowest BCUT2D eigenvalue weighted by Crippen LogP contribution is -2.30. The molecule has 5 heteroatoms. The van der Waals surface area contributed by atoms with Gasteiger partial charge in [-0.25, -0.2) is 4.98 Å². The summed E-state index contributed by atoms with van der Waals surface area (Å²) in [7, 11) is 0. The van der Waals surface area contributed by atoms with Gasteiger partial charge in [-0.3, -0.25) is 4.79 Å². The zero-order chi connectivity index (χ0) is 20.2. The maximum Gasteiger partial charge on any atom is 0.262 e. The standard InChI is InChI=1S/C24H27N3O2/c1-17-9-11-20(18(2)15-17)25-23(28)16-29-21-8-6-7-19-10-12-22(26-24(19)21)27-13-4-3-5-14-27/h6-12,15H,3-5,13-14,16H2,1-2H3,(H,25,28). The van der Waals surface area contributed by atoms with E-state index in [0.717, 1.165) is 41.1 Å². The number of para-hydroxylation sites is 1. The van der Waals surface area contributed by atoms with E-state index in [1.165, 1.54) is 24.8 Å². The van der Waals surface area contributed by atoms with E-state index in [-0.39, 0.29) is 12.5 Å². The summed E-state index contributed by atoms with van der Waals surface area (Å²) in [5.41, 5.74) is 3.82. The molecule has 2 aromatic carbocycles. The number of hydrogen-bond donors (Lipinski definition) is 1. The molecule has 0 spiro atoms. The zero-order valence-electron chi connectivity index (χ0n) is 17.1. The molecule has 1 aliphatic heterocycles. The highest BCUT2D eigenvalue weighted by atomic mass is 16.5. The molecular formula is C24H27N3O2. The van der Waals surface area contributed by atoms with Crippen LogP contribution in [0.2, 0.25) is 0 Å². The number of piperidine rings is 1. The highest BCUT2D eigenvalue weighted by Gasteiger charge is 2.14.